The van der Waals surface area contributed by atoms with E-state index in [1.165, 1.54) is 0 Å². The van der Waals surface area contributed by atoms with Gasteiger partial charge in [0.2, 0.25) is 0 Å². The first-order chi connectivity index (χ1) is 11.0. The zero-order valence-corrected chi connectivity index (χ0v) is 17.3. The Bertz CT molecular complexity index is 173. The van der Waals surface area contributed by atoms with Crippen LogP contribution in [0.2, 0.25) is 0 Å². The van der Waals surface area contributed by atoms with Gasteiger partial charge in [-0.25, -0.2) is 0 Å². The summed E-state index contributed by atoms with van der Waals surface area (Å²) >= 11 is -2.81. The molecule has 1 saturated heterocycles. The summed E-state index contributed by atoms with van der Waals surface area (Å²) in [6, 6.07) is 0. The average Bonchev–Trinajstić information content (AvgIpc) is 2.46. The molecule has 0 saturated carbocycles. The molecule has 24 heavy (non-hydrogen) atoms. The van der Waals surface area contributed by atoms with Gasteiger partial charge < -0.3 is 28.4 Å². The van der Waals surface area contributed by atoms with Gasteiger partial charge in [0.1, 0.15) is 0 Å². The maximum absolute atomic E-state index is 5.33. The Balaban J connectivity index is 0. The fraction of sp³-hybridized carbons (Fsp3) is 1.00. The molecule has 0 aromatic carbocycles. The van der Waals surface area contributed by atoms with Crippen molar-refractivity contribution in [1.82, 2.24) is 0 Å². The van der Waals surface area contributed by atoms with Crippen molar-refractivity contribution in [2.75, 3.05) is 79.3 Å². The van der Waals surface area contributed by atoms with Crippen molar-refractivity contribution >= 4 is 57.0 Å². The minimum atomic E-state index is -2.81. The molecule has 0 amide bonds. The Kier molecular flexibility index (Phi) is 25.4. The number of ether oxygens (including phenoxy) is 6. The van der Waals surface area contributed by atoms with Crippen LogP contribution in [0.4, 0.5) is 0 Å². The zero-order chi connectivity index (χ0) is 17.2. The molecule has 1 fully saturated rings. The van der Waals surface area contributed by atoms with Crippen LogP contribution in [0.1, 0.15) is 0 Å². The summed E-state index contributed by atoms with van der Waals surface area (Å²) in [6.07, 6.45) is 0. The van der Waals surface area contributed by atoms with Gasteiger partial charge in [0.05, 0.1) is 79.3 Å². The summed E-state index contributed by atoms with van der Waals surface area (Å²) in [6.45, 7) is 7.04. The molecule has 0 aliphatic carbocycles. The van der Waals surface area contributed by atoms with Crippen molar-refractivity contribution in [3.05, 3.63) is 0 Å². The van der Waals surface area contributed by atoms with Gasteiger partial charge in [-0.2, -0.15) is 0 Å². The quantitative estimate of drug-likeness (QED) is 0.457. The number of hydrogen-bond acceptors (Lipinski definition) is 6. The zero-order valence-electron chi connectivity index (χ0n) is 12.8. The molecule has 0 aromatic heterocycles. The summed E-state index contributed by atoms with van der Waals surface area (Å²) in [5.74, 6) is 0. The van der Waals surface area contributed by atoms with Crippen molar-refractivity contribution in [3.63, 3.8) is 0 Å². The van der Waals surface area contributed by atoms with Crippen LogP contribution in [0.5, 0.6) is 0 Å². The molecule has 1 aliphatic heterocycles. The Morgan fingerprint density at radius 1 is 0.375 bits per heavy atom. The van der Waals surface area contributed by atoms with E-state index in [0.29, 0.717) is 79.3 Å². The normalized spacial score (nSPS) is 21.2. The van der Waals surface area contributed by atoms with Gasteiger partial charge in [0.15, 0.2) is 0 Å². The Morgan fingerprint density at radius 2 is 0.458 bits per heavy atom. The molecule has 0 spiro atoms. The first-order valence-electron chi connectivity index (χ1n) is 6.94. The number of hydrogen-bond donors (Lipinski definition) is 0. The maximum atomic E-state index is 5.33. The molecule has 0 atom stereocenters. The van der Waals surface area contributed by atoms with E-state index in [-0.39, 0.29) is 18.9 Å². The molecule has 0 aromatic rings. The van der Waals surface area contributed by atoms with Crippen LogP contribution in [0.15, 0.2) is 0 Å². The van der Waals surface area contributed by atoms with Gasteiger partial charge in [-0.1, -0.05) is 0 Å². The molecule has 12 heteroatoms. The van der Waals surface area contributed by atoms with Crippen LogP contribution >= 0.6 is 38.1 Å². The second-order valence-corrected chi connectivity index (χ2v) is 18.1. The van der Waals surface area contributed by atoms with E-state index < -0.39 is 11.5 Å². The van der Waals surface area contributed by atoms with Gasteiger partial charge in [-0.15, -0.1) is 0 Å². The van der Waals surface area contributed by atoms with Crippen molar-refractivity contribution in [2.24, 2.45) is 0 Å². The monoisotopic (exact) mass is 518 g/mol. The van der Waals surface area contributed by atoms with Crippen LogP contribution in [0, 0.1) is 0 Å². The van der Waals surface area contributed by atoms with Crippen molar-refractivity contribution in [3.8, 4) is 0 Å². The van der Waals surface area contributed by atoms with Crippen LogP contribution in [0.25, 0.3) is 0 Å². The van der Waals surface area contributed by atoms with Crippen molar-refractivity contribution in [1.29, 1.82) is 0 Å². The predicted octanol–water partition coefficient (Wildman–Crippen LogP) is 2.21. The fourth-order valence-electron chi connectivity index (χ4n) is 1.32. The summed E-state index contributed by atoms with van der Waals surface area (Å²) in [5, 5.41) is 0. The van der Waals surface area contributed by atoms with E-state index in [1.807, 2.05) is 0 Å². The summed E-state index contributed by atoms with van der Waals surface area (Å²) in [4.78, 5) is 0. The van der Waals surface area contributed by atoms with Crippen LogP contribution in [-0.4, -0.2) is 98.1 Å². The van der Waals surface area contributed by atoms with Crippen LogP contribution in [0.3, 0.4) is 0 Å². The molecule has 148 valence electrons. The van der Waals surface area contributed by atoms with Gasteiger partial charge in [-0.3, -0.25) is 0 Å². The molecular weight excluding hydrogens is 495 g/mol. The Hall–Kier alpha value is 2.18. The third kappa shape index (κ3) is 31.9. The standard InChI is InChI=1S/C12H24O6.4ClH.Li.Pd.H/c1-2-14-5-6-16-9-10-18-12-11-17-8-7-15-4-3-13-1;;;;;;;/h1-12H2;4*1H;;;/q;;;;;;+4;/p-4. The van der Waals surface area contributed by atoms with E-state index in [0.717, 1.165) is 0 Å². The molecule has 6 nitrogen and oxygen atoms in total. The van der Waals surface area contributed by atoms with Gasteiger partial charge in [0.25, 0.3) is 0 Å². The molecule has 0 unspecified atom stereocenters. The Morgan fingerprint density at radius 3 is 0.542 bits per heavy atom. The van der Waals surface area contributed by atoms with Crippen molar-refractivity contribution in [2.45, 2.75) is 0 Å². The molecule has 1 heterocycles. The number of rotatable bonds is 0. The molecule has 0 radical (unpaired) electrons. The summed E-state index contributed by atoms with van der Waals surface area (Å²) < 4.78 is 32.0. The van der Waals surface area contributed by atoms with E-state index in [2.05, 4.69) is 0 Å². The molecule has 0 N–H and O–H groups in total. The number of halogens is 4. The average molecular weight is 520 g/mol. The van der Waals surface area contributed by atoms with Gasteiger partial charge >= 0.3 is 68.4 Å². The molecule has 1 rings (SSSR count). The van der Waals surface area contributed by atoms with E-state index in [1.54, 1.807) is 0 Å². The molecule has 1 aliphatic rings. The van der Waals surface area contributed by atoms with Crippen LogP contribution < -0.4 is 0 Å². The van der Waals surface area contributed by atoms with Gasteiger partial charge in [0, 0.05) is 0 Å². The van der Waals surface area contributed by atoms with Gasteiger partial charge in [-0.05, 0) is 0 Å². The molecular formula is C12H25Cl4LiO6Pd. The minimum absolute atomic E-state index is 0. The summed E-state index contributed by atoms with van der Waals surface area (Å²) in [7, 11) is 19.9. The third-order valence-corrected chi connectivity index (χ3v) is 2.23. The predicted molar refractivity (Wildman–Crippen MR) is 95.5 cm³/mol. The SMILES string of the molecule is C1COCCOCCOCCOCCOCCO1.[Cl][Pd]([Cl])([Cl])[Cl].[LiH]. The van der Waals surface area contributed by atoms with Crippen LogP contribution in [-0.2, 0) is 39.9 Å². The first-order valence-corrected chi connectivity index (χ1v) is 14.9. The fourth-order valence-corrected chi connectivity index (χ4v) is 1.32. The van der Waals surface area contributed by atoms with E-state index in [4.69, 9.17) is 66.5 Å². The second kappa shape index (κ2) is 21.5. The summed E-state index contributed by atoms with van der Waals surface area (Å²) in [5.41, 5.74) is 0. The molecule has 0 bridgehead atoms. The van der Waals surface area contributed by atoms with E-state index in [9.17, 15) is 0 Å². The van der Waals surface area contributed by atoms with Crippen molar-refractivity contribution < 1.29 is 39.9 Å². The topological polar surface area (TPSA) is 55.4 Å². The third-order valence-electron chi connectivity index (χ3n) is 2.23. The second-order valence-electron chi connectivity index (χ2n) is 3.95. The Labute approximate surface area is 175 Å². The van der Waals surface area contributed by atoms with E-state index >= 15 is 0 Å². The first kappa shape index (κ1) is 28.4.